The molecule has 29 heavy (non-hydrogen) atoms. The minimum Gasteiger partial charge on any atom is -0.351 e. The summed E-state index contributed by atoms with van der Waals surface area (Å²) in [7, 11) is 0. The van der Waals surface area contributed by atoms with E-state index in [-0.39, 0.29) is 23.1 Å². The van der Waals surface area contributed by atoms with Crippen molar-refractivity contribution >= 4 is 34.9 Å². The molecule has 1 aliphatic carbocycles. The van der Waals surface area contributed by atoms with Crippen LogP contribution in [0.3, 0.4) is 0 Å². The van der Waals surface area contributed by atoms with Crippen molar-refractivity contribution < 1.29 is 18.8 Å². The SMILES string of the molecule is NC(=O)Nc1cccc(C(=O)Nc2ccc(F)c(NC(=O)C3CCCCC3)c2)c1. The first-order valence-electron chi connectivity index (χ1n) is 9.50. The molecule has 2 aromatic carbocycles. The lowest BCUT2D eigenvalue weighted by atomic mass is 9.88. The van der Waals surface area contributed by atoms with Crippen molar-refractivity contribution in [3.05, 3.63) is 53.8 Å². The summed E-state index contributed by atoms with van der Waals surface area (Å²) in [4.78, 5) is 35.8. The molecule has 0 spiro atoms. The van der Waals surface area contributed by atoms with Crippen LogP contribution in [-0.4, -0.2) is 17.8 Å². The van der Waals surface area contributed by atoms with E-state index in [1.54, 1.807) is 18.2 Å². The number of hydrogen-bond acceptors (Lipinski definition) is 3. The van der Waals surface area contributed by atoms with Gasteiger partial charge in [-0.3, -0.25) is 9.59 Å². The van der Waals surface area contributed by atoms with E-state index in [1.165, 1.54) is 24.3 Å². The number of nitrogens with two attached hydrogens (primary N) is 1. The summed E-state index contributed by atoms with van der Waals surface area (Å²) in [5.41, 5.74) is 6.11. The van der Waals surface area contributed by atoms with E-state index in [9.17, 15) is 18.8 Å². The van der Waals surface area contributed by atoms with Crippen LogP contribution in [0, 0.1) is 11.7 Å². The molecule has 152 valence electrons. The van der Waals surface area contributed by atoms with Crippen molar-refractivity contribution in [2.24, 2.45) is 11.7 Å². The standard InChI is InChI=1S/C21H23FN4O3/c22-17-10-9-16(12-18(17)26-19(27)13-5-2-1-3-6-13)24-20(28)14-7-4-8-15(11-14)25-21(23)29/h4,7-13H,1-3,5-6H2,(H,24,28)(H,26,27)(H3,23,25,29). The fourth-order valence-electron chi connectivity index (χ4n) is 3.38. The van der Waals surface area contributed by atoms with Crippen LogP contribution in [-0.2, 0) is 4.79 Å². The van der Waals surface area contributed by atoms with Crippen molar-refractivity contribution in [3.63, 3.8) is 0 Å². The Kier molecular flexibility index (Phi) is 6.43. The summed E-state index contributed by atoms with van der Waals surface area (Å²) in [6.45, 7) is 0. The molecular weight excluding hydrogens is 375 g/mol. The second-order valence-corrected chi connectivity index (χ2v) is 7.04. The average molecular weight is 398 g/mol. The number of urea groups is 1. The third kappa shape index (κ3) is 5.54. The molecule has 2 aromatic rings. The topological polar surface area (TPSA) is 113 Å². The number of rotatable bonds is 5. The Morgan fingerprint density at radius 2 is 1.62 bits per heavy atom. The van der Waals surface area contributed by atoms with Gasteiger partial charge in [0.05, 0.1) is 5.69 Å². The summed E-state index contributed by atoms with van der Waals surface area (Å²) in [6.07, 6.45) is 4.73. The van der Waals surface area contributed by atoms with Gasteiger partial charge in [0, 0.05) is 22.9 Å². The normalized spacial score (nSPS) is 14.1. The van der Waals surface area contributed by atoms with Gasteiger partial charge < -0.3 is 21.7 Å². The molecule has 0 radical (unpaired) electrons. The van der Waals surface area contributed by atoms with Crippen LogP contribution in [0.2, 0.25) is 0 Å². The van der Waals surface area contributed by atoms with Gasteiger partial charge in [-0.2, -0.15) is 0 Å². The lowest BCUT2D eigenvalue weighted by Crippen LogP contribution is -2.25. The summed E-state index contributed by atoms with van der Waals surface area (Å²) < 4.78 is 14.2. The Morgan fingerprint density at radius 1 is 0.897 bits per heavy atom. The Morgan fingerprint density at radius 3 is 2.34 bits per heavy atom. The molecule has 0 bridgehead atoms. The molecule has 0 atom stereocenters. The number of amides is 4. The van der Waals surface area contributed by atoms with E-state index >= 15 is 0 Å². The Labute approximate surface area is 167 Å². The maximum Gasteiger partial charge on any atom is 0.316 e. The number of hydrogen-bond donors (Lipinski definition) is 4. The molecule has 1 fully saturated rings. The van der Waals surface area contributed by atoms with Crippen molar-refractivity contribution in [1.29, 1.82) is 0 Å². The number of primary amides is 1. The van der Waals surface area contributed by atoms with Gasteiger partial charge in [-0.05, 0) is 49.2 Å². The molecular formula is C21H23FN4O3. The van der Waals surface area contributed by atoms with Crippen LogP contribution >= 0.6 is 0 Å². The number of anilines is 3. The van der Waals surface area contributed by atoms with Crippen molar-refractivity contribution in [1.82, 2.24) is 0 Å². The number of carbonyl (C=O) groups excluding carboxylic acids is 3. The lowest BCUT2D eigenvalue weighted by molar-refractivity contribution is -0.120. The summed E-state index contributed by atoms with van der Waals surface area (Å²) in [6, 6.07) is 9.48. The zero-order valence-corrected chi connectivity index (χ0v) is 15.8. The first kappa shape index (κ1) is 20.3. The molecule has 4 amide bonds. The molecule has 0 saturated heterocycles. The third-order valence-corrected chi connectivity index (χ3v) is 4.85. The van der Waals surface area contributed by atoms with E-state index in [2.05, 4.69) is 16.0 Å². The van der Waals surface area contributed by atoms with Crippen LogP contribution in [0.15, 0.2) is 42.5 Å². The molecule has 0 aliphatic heterocycles. The Bertz CT molecular complexity index is 926. The van der Waals surface area contributed by atoms with Gasteiger partial charge >= 0.3 is 6.03 Å². The average Bonchev–Trinajstić information content (AvgIpc) is 2.71. The zero-order chi connectivity index (χ0) is 20.8. The Balaban J connectivity index is 1.70. The first-order chi connectivity index (χ1) is 13.9. The zero-order valence-electron chi connectivity index (χ0n) is 15.8. The second-order valence-electron chi connectivity index (χ2n) is 7.04. The summed E-state index contributed by atoms with van der Waals surface area (Å²) in [5, 5.41) is 7.69. The van der Waals surface area contributed by atoms with E-state index < -0.39 is 17.8 Å². The van der Waals surface area contributed by atoms with E-state index in [1.807, 2.05) is 0 Å². The molecule has 1 aliphatic rings. The van der Waals surface area contributed by atoms with Crippen molar-refractivity contribution in [2.45, 2.75) is 32.1 Å². The van der Waals surface area contributed by atoms with E-state index in [0.29, 0.717) is 11.4 Å². The number of nitrogens with one attached hydrogen (secondary N) is 3. The number of halogens is 1. The smallest absolute Gasteiger partial charge is 0.316 e. The van der Waals surface area contributed by atoms with E-state index in [0.717, 1.165) is 32.1 Å². The largest absolute Gasteiger partial charge is 0.351 e. The number of benzene rings is 2. The molecule has 5 N–H and O–H groups in total. The van der Waals surface area contributed by atoms with Gasteiger partial charge in [-0.25, -0.2) is 9.18 Å². The lowest BCUT2D eigenvalue weighted by Gasteiger charge is -2.21. The van der Waals surface area contributed by atoms with Crippen molar-refractivity contribution in [2.75, 3.05) is 16.0 Å². The van der Waals surface area contributed by atoms with Gasteiger partial charge in [0.2, 0.25) is 5.91 Å². The highest BCUT2D eigenvalue weighted by atomic mass is 19.1. The minimum atomic E-state index is -0.737. The summed E-state index contributed by atoms with van der Waals surface area (Å²) in [5.74, 6) is -1.33. The monoisotopic (exact) mass is 398 g/mol. The molecule has 8 heteroatoms. The van der Waals surface area contributed by atoms with Crippen LogP contribution in [0.4, 0.5) is 26.2 Å². The highest BCUT2D eigenvalue weighted by Crippen LogP contribution is 2.27. The highest BCUT2D eigenvalue weighted by Gasteiger charge is 2.22. The summed E-state index contributed by atoms with van der Waals surface area (Å²) >= 11 is 0. The molecule has 0 heterocycles. The number of carbonyl (C=O) groups is 3. The predicted octanol–water partition coefficient (Wildman–Crippen LogP) is 4.09. The second kappa shape index (κ2) is 9.18. The van der Waals surface area contributed by atoms with E-state index in [4.69, 9.17) is 5.73 Å². The first-order valence-corrected chi connectivity index (χ1v) is 9.50. The van der Waals surface area contributed by atoms with Crippen LogP contribution in [0.25, 0.3) is 0 Å². The van der Waals surface area contributed by atoms with Crippen LogP contribution in [0.1, 0.15) is 42.5 Å². The maximum absolute atomic E-state index is 14.2. The molecule has 0 aromatic heterocycles. The van der Waals surface area contributed by atoms with Crippen molar-refractivity contribution in [3.8, 4) is 0 Å². The van der Waals surface area contributed by atoms with Gasteiger partial charge in [0.1, 0.15) is 5.82 Å². The van der Waals surface area contributed by atoms with Gasteiger partial charge in [0.15, 0.2) is 0 Å². The van der Waals surface area contributed by atoms with Gasteiger partial charge in [-0.1, -0.05) is 25.3 Å². The van der Waals surface area contributed by atoms with Gasteiger partial charge in [-0.15, -0.1) is 0 Å². The fraction of sp³-hybridized carbons (Fsp3) is 0.286. The predicted molar refractivity (Wildman–Crippen MR) is 109 cm³/mol. The molecule has 1 saturated carbocycles. The quantitative estimate of drug-likeness (QED) is 0.608. The van der Waals surface area contributed by atoms with Gasteiger partial charge in [0.25, 0.3) is 5.91 Å². The molecule has 0 unspecified atom stereocenters. The Hall–Kier alpha value is -3.42. The maximum atomic E-state index is 14.2. The molecule has 3 rings (SSSR count). The third-order valence-electron chi connectivity index (χ3n) is 4.85. The fourth-order valence-corrected chi connectivity index (χ4v) is 3.38. The van der Waals surface area contributed by atoms with Crippen LogP contribution < -0.4 is 21.7 Å². The molecule has 7 nitrogen and oxygen atoms in total. The minimum absolute atomic E-state index is 0.0301. The highest BCUT2D eigenvalue weighted by molar-refractivity contribution is 6.05. The van der Waals surface area contributed by atoms with Crippen LogP contribution in [0.5, 0.6) is 0 Å².